The predicted molar refractivity (Wildman–Crippen MR) is 104 cm³/mol. The standard InChI is InChI=1S/C20H16N4OS/c1-13-16(5-3-9-21-13)17-8-7-14-4-2-6-18(20(14)24-17)23-19(25)10-15-11-26-12-22-15/h2-9,11-12H,10H2,1H3,(H,23,25). The number of hydrogen-bond acceptors (Lipinski definition) is 5. The summed E-state index contributed by atoms with van der Waals surface area (Å²) in [6, 6.07) is 13.7. The quantitative estimate of drug-likeness (QED) is 0.591. The summed E-state index contributed by atoms with van der Waals surface area (Å²) in [5.74, 6) is -0.104. The van der Waals surface area contributed by atoms with Gasteiger partial charge < -0.3 is 5.32 Å². The molecule has 3 heterocycles. The lowest BCUT2D eigenvalue weighted by Gasteiger charge is -2.10. The zero-order valence-corrected chi connectivity index (χ0v) is 15.0. The molecule has 0 bridgehead atoms. The summed E-state index contributed by atoms with van der Waals surface area (Å²) in [7, 11) is 0. The van der Waals surface area contributed by atoms with E-state index in [4.69, 9.17) is 4.98 Å². The lowest BCUT2D eigenvalue weighted by atomic mass is 10.1. The summed E-state index contributed by atoms with van der Waals surface area (Å²) in [6.07, 6.45) is 2.02. The van der Waals surface area contributed by atoms with Crippen molar-refractivity contribution in [3.05, 3.63) is 70.9 Å². The molecule has 0 aliphatic carbocycles. The molecule has 0 saturated heterocycles. The van der Waals surface area contributed by atoms with Crippen LogP contribution in [0.4, 0.5) is 5.69 Å². The zero-order chi connectivity index (χ0) is 17.9. The van der Waals surface area contributed by atoms with Crippen LogP contribution < -0.4 is 5.32 Å². The molecular weight excluding hydrogens is 344 g/mol. The number of carbonyl (C=O) groups is 1. The molecule has 128 valence electrons. The maximum Gasteiger partial charge on any atom is 0.230 e. The Balaban J connectivity index is 1.70. The maximum atomic E-state index is 12.3. The van der Waals surface area contributed by atoms with Crippen LogP contribution in [-0.4, -0.2) is 20.9 Å². The fourth-order valence-corrected chi connectivity index (χ4v) is 3.40. The molecule has 0 unspecified atom stereocenters. The Bertz CT molecular complexity index is 1080. The number of aromatic nitrogens is 3. The summed E-state index contributed by atoms with van der Waals surface area (Å²) >= 11 is 1.48. The van der Waals surface area contributed by atoms with Crippen molar-refractivity contribution >= 4 is 33.8 Å². The largest absolute Gasteiger partial charge is 0.324 e. The molecule has 0 saturated carbocycles. The first-order valence-corrected chi connectivity index (χ1v) is 9.13. The number of anilines is 1. The summed E-state index contributed by atoms with van der Waals surface area (Å²) < 4.78 is 0. The molecule has 0 radical (unpaired) electrons. The van der Waals surface area contributed by atoms with E-state index >= 15 is 0 Å². The lowest BCUT2D eigenvalue weighted by molar-refractivity contribution is -0.115. The zero-order valence-electron chi connectivity index (χ0n) is 14.1. The van der Waals surface area contributed by atoms with Gasteiger partial charge in [0.15, 0.2) is 0 Å². The highest BCUT2D eigenvalue weighted by Crippen LogP contribution is 2.27. The van der Waals surface area contributed by atoms with Crippen LogP contribution in [-0.2, 0) is 11.2 Å². The van der Waals surface area contributed by atoms with Gasteiger partial charge in [-0.25, -0.2) is 9.97 Å². The van der Waals surface area contributed by atoms with Crippen molar-refractivity contribution < 1.29 is 4.79 Å². The number of thiazole rings is 1. The van der Waals surface area contributed by atoms with E-state index in [-0.39, 0.29) is 12.3 Å². The van der Waals surface area contributed by atoms with Gasteiger partial charge in [-0.05, 0) is 31.2 Å². The number of carbonyl (C=O) groups excluding carboxylic acids is 1. The van der Waals surface area contributed by atoms with Crippen LogP contribution in [0, 0.1) is 6.92 Å². The summed E-state index contributed by atoms with van der Waals surface area (Å²) in [5, 5.41) is 5.82. The second-order valence-corrected chi connectivity index (χ2v) is 6.63. The minimum absolute atomic E-state index is 0.104. The number of amides is 1. The van der Waals surface area contributed by atoms with E-state index in [9.17, 15) is 4.79 Å². The van der Waals surface area contributed by atoms with E-state index in [2.05, 4.69) is 15.3 Å². The molecule has 3 aromatic heterocycles. The number of fused-ring (bicyclic) bond motifs is 1. The molecule has 26 heavy (non-hydrogen) atoms. The number of pyridine rings is 2. The van der Waals surface area contributed by atoms with Gasteiger partial charge in [-0.3, -0.25) is 9.78 Å². The highest BCUT2D eigenvalue weighted by Gasteiger charge is 2.11. The van der Waals surface area contributed by atoms with E-state index in [0.717, 1.165) is 33.5 Å². The Hall–Kier alpha value is -3.12. The molecule has 0 aliphatic heterocycles. The van der Waals surface area contributed by atoms with Crippen LogP contribution in [0.15, 0.2) is 59.6 Å². The maximum absolute atomic E-state index is 12.3. The highest BCUT2D eigenvalue weighted by atomic mass is 32.1. The molecular formula is C20H16N4OS. The number of aryl methyl sites for hydroxylation is 1. The van der Waals surface area contributed by atoms with Crippen molar-refractivity contribution in [1.82, 2.24) is 15.0 Å². The first-order valence-electron chi connectivity index (χ1n) is 8.19. The van der Waals surface area contributed by atoms with Gasteiger partial charge >= 0.3 is 0 Å². The molecule has 0 aliphatic rings. The van der Waals surface area contributed by atoms with Gasteiger partial charge in [-0.1, -0.05) is 18.2 Å². The molecule has 5 nitrogen and oxygen atoms in total. The van der Waals surface area contributed by atoms with E-state index in [1.54, 1.807) is 11.7 Å². The molecule has 6 heteroatoms. The third-order valence-corrected chi connectivity index (χ3v) is 4.74. The smallest absolute Gasteiger partial charge is 0.230 e. The van der Waals surface area contributed by atoms with Crippen LogP contribution in [0.25, 0.3) is 22.2 Å². The second-order valence-electron chi connectivity index (χ2n) is 5.91. The Morgan fingerprint density at radius 2 is 2.04 bits per heavy atom. The molecule has 1 N–H and O–H groups in total. The van der Waals surface area contributed by atoms with Gasteiger partial charge in [-0.15, -0.1) is 11.3 Å². The fourth-order valence-electron chi connectivity index (χ4n) is 2.84. The van der Waals surface area contributed by atoms with E-state index < -0.39 is 0 Å². The number of hydrogen-bond donors (Lipinski definition) is 1. The molecule has 0 fully saturated rings. The van der Waals surface area contributed by atoms with E-state index in [1.807, 2.05) is 54.8 Å². The first kappa shape index (κ1) is 16.4. The topological polar surface area (TPSA) is 67.8 Å². The average Bonchev–Trinajstić information content (AvgIpc) is 3.15. The van der Waals surface area contributed by atoms with Crippen LogP contribution in [0.2, 0.25) is 0 Å². The van der Waals surface area contributed by atoms with E-state index in [1.165, 1.54) is 11.3 Å². The average molecular weight is 360 g/mol. The normalized spacial score (nSPS) is 10.8. The van der Waals surface area contributed by atoms with Gasteiger partial charge in [0.25, 0.3) is 0 Å². The van der Waals surface area contributed by atoms with E-state index in [0.29, 0.717) is 5.69 Å². The monoisotopic (exact) mass is 360 g/mol. The number of nitrogens with one attached hydrogen (secondary N) is 1. The molecule has 0 atom stereocenters. The van der Waals surface area contributed by atoms with Crippen molar-refractivity contribution in [2.45, 2.75) is 13.3 Å². The summed E-state index contributed by atoms with van der Waals surface area (Å²) in [6.45, 7) is 1.96. The second kappa shape index (κ2) is 7.01. The van der Waals surface area contributed by atoms with Crippen molar-refractivity contribution in [1.29, 1.82) is 0 Å². The molecule has 4 aromatic rings. The molecule has 0 spiro atoms. The molecule has 4 rings (SSSR count). The predicted octanol–water partition coefficient (Wildman–Crippen LogP) is 4.24. The van der Waals surface area contributed by atoms with Gasteiger partial charge in [0.2, 0.25) is 5.91 Å². The van der Waals surface area contributed by atoms with Crippen LogP contribution >= 0.6 is 11.3 Å². The summed E-state index contributed by atoms with van der Waals surface area (Å²) in [5.41, 5.74) is 6.70. The third-order valence-electron chi connectivity index (χ3n) is 4.10. The number of benzene rings is 1. The van der Waals surface area contributed by atoms with Crippen molar-refractivity contribution in [2.24, 2.45) is 0 Å². The number of rotatable bonds is 4. The number of nitrogens with zero attached hydrogens (tertiary/aromatic N) is 3. The van der Waals surface area contributed by atoms with Crippen LogP contribution in [0.1, 0.15) is 11.4 Å². The van der Waals surface area contributed by atoms with Gasteiger partial charge in [0, 0.05) is 28.2 Å². The van der Waals surface area contributed by atoms with Gasteiger partial charge in [0.1, 0.15) is 0 Å². The SMILES string of the molecule is Cc1ncccc1-c1ccc2cccc(NC(=O)Cc3cscn3)c2n1. The van der Waals surface area contributed by atoms with Gasteiger partial charge in [-0.2, -0.15) is 0 Å². The number of para-hydroxylation sites is 1. The third kappa shape index (κ3) is 3.32. The first-order chi connectivity index (χ1) is 12.7. The van der Waals surface area contributed by atoms with Crippen LogP contribution in [0.3, 0.4) is 0 Å². The van der Waals surface area contributed by atoms with Crippen molar-refractivity contribution in [3.63, 3.8) is 0 Å². The summed E-state index contributed by atoms with van der Waals surface area (Å²) in [4.78, 5) is 25.6. The molecule has 1 aromatic carbocycles. The Kier molecular flexibility index (Phi) is 4.41. The minimum Gasteiger partial charge on any atom is -0.324 e. The fraction of sp³-hybridized carbons (Fsp3) is 0.100. The van der Waals surface area contributed by atoms with Crippen molar-refractivity contribution in [3.8, 4) is 11.3 Å². The Labute approximate surface area is 154 Å². The minimum atomic E-state index is -0.104. The molecule has 1 amide bonds. The van der Waals surface area contributed by atoms with Crippen LogP contribution in [0.5, 0.6) is 0 Å². The lowest BCUT2D eigenvalue weighted by Crippen LogP contribution is -2.15. The van der Waals surface area contributed by atoms with Crippen molar-refractivity contribution in [2.75, 3.05) is 5.32 Å². The Morgan fingerprint density at radius 3 is 2.85 bits per heavy atom. The van der Waals surface area contributed by atoms with Gasteiger partial charge in [0.05, 0.1) is 34.5 Å². The Morgan fingerprint density at radius 1 is 1.12 bits per heavy atom. The highest BCUT2D eigenvalue weighted by molar-refractivity contribution is 7.07.